The van der Waals surface area contributed by atoms with Gasteiger partial charge in [-0.05, 0) is 25.8 Å². The van der Waals surface area contributed by atoms with Crippen LogP contribution >= 0.6 is 0 Å². The second-order valence-electron chi connectivity index (χ2n) is 2.54. The van der Waals surface area contributed by atoms with Gasteiger partial charge < -0.3 is 5.32 Å². The Labute approximate surface area is 57.1 Å². The lowest BCUT2D eigenvalue weighted by atomic mass is 10.2. The fourth-order valence-electron chi connectivity index (χ4n) is 1.18. The molecule has 1 aliphatic rings. The van der Waals surface area contributed by atoms with Gasteiger partial charge in [0.1, 0.15) is 0 Å². The average Bonchev–Trinajstić information content (AvgIpc) is 2.34. The molecule has 1 saturated heterocycles. The van der Waals surface area contributed by atoms with E-state index < -0.39 is 0 Å². The molecule has 1 atom stereocenters. The molecule has 1 N–H and O–H groups in total. The van der Waals surface area contributed by atoms with E-state index in [4.69, 9.17) is 0 Å². The fourth-order valence-corrected chi connectivity index (χ4v) is 1.18. The average molecular weight is 125 g/mol. The van der Waals surface area contributed by atoms with Crippen molar-refractivity contribution in [3.8, 4) is 0 Å². The zero-order valence-electron chi connectivity index (χ0n) is 6.06. The van der Waals surface area contributed by atoms with Gasteiger partial charge >= 0.3 is 0 Å². The SMILES string of the molecule is CC/C=C/[C@H]1CCCN1. The maximum atomic E-state index is 3.40. The van der Waals surface area contributed by atoms with Crippen molar-refractivity contribution in [3.63, 3.8) is 0 Å². The number of nitrogens with one attached hydrogen (secondary N) is 1. The van der Waals surface area contributed by atoms with E-state index in [1.807, 2.05) is 0 Å². The van der Waals surface area contributed by atoms with Crippen molar-refractivity contribution in [2.24, 2.45) is 0 Å². The van der Waals surface area contributed by atoms with E-state index in [2.05, 4.69) is 24.4 Å². The molecule has 0 radical (unpaired) electrons. The van der Waals surface area contributed by atoms with E-state index in [0.29, 0.717) is 6.04 Å². The van der Waals surface area contributed by atoms with Crippen LogP contribution in [-0.4, -0.2) is 12.6 Å². The molecule has 0 aromatic carbocycles. The van der Waals surface area contributed by atoms with Gasteiger partial charge in [-0.15, -0.1) is 0 Å². The summed E-state index contributed by atoms with van der Waals surface area (Å²) in [4.78, 5) is 0. The van der Waals surface area contributed by atoms with Crippen molar-refractivity contribution in [2.75, 3.05) is 6.54 Å². The van der Waals surface area contributed by atoms with Crippen LogP contribution < -0.4 is 5.32 Å². The Kier molecular flexibility index (Phi) is 2.78. The Hall–Kier alpha value is -0.300. The minimum absolute atomic E-state index is 0.685. The van der Waals surface area contributed by atoms with Gasteiger partial charge in [0, 0.05) is 6.04 Å². The molecule has 1 aliphatic heterocycles. The van der Waals surface area contributed by atoms with Crippen LogP contribution in [0.15, 0.2) is 12.2 Å². The molecule has 0 aliphatic carbocycles. The van der Waals surface area contributed by atoms with Crippen LogP contribution in [0.25, 0.3) is 0 Å². The van der Waals surface area contributed by atoms with E-state index in [0.717, 1.165) is 6.42 Å². The maximum Gasteiger partial charge on any atom is 0.0250 e. The van der Waals surface area contributed by atoms with Crippen molar-refractivity contribution in [1.29, 1.82) is 0 Å². The van der Waals surface area contributed by atoms with Crippen LogP contribution in [0.5, 0.6) is 0 Å². The Bertz CT molecular complexity index is 90.7. The van der Waals surface area contributed by atoms with Gasteiger partial charge in [-0.3, -0.25) is 0 Å². The summed E-state index contributed by atoms with van der Waals surface area (Å²) < 4.78 is 0. The number of allylic oxidation sites excluding steroid dienone is 1. The van der Waals surface area contributed by atoms with Gasteiger partial charge in [0.05, 0.1) is 0 Å². The minimum Gasteiger partial charge on any atom is -0.311 e. The third-order valence-corrected chi connectivity index (χ3v) is 1.70. The summed E-state index contributed by atoms with van der Waals surface area (Å²) in [6.45, 7) is 3.38. The Morgan fingerprint density at radius 3 is 3.11 bits per heavy atom. The molecule has 52 valence electrons. The van der Waals surface area contributed by atoms with Crippen LogP contribution in [0.3, 0.4) is 0 Å². The lowest BCUT2D eigenvalue weighted by Gasteiger charge is -2.00. The quantitative estimate of drug-likeness (QED) is 0.554. The molecule has 0 aromatic rings. The molecule has 1 heterocycles. The highest BCUT2D eigenvalue weighted by atomic mass is 14.9. The number of rotatable bonds is 2. The van der Waals surface area contributed by atoms with E-state index in [1.54, 1.807) is 0 Å². The smallest absolute Gasteiger partial charge is 0.0250 e. The summed E-state index contributed by atoms with van der Waals surface area (Å²) in [5, 5.41) is 3.40. The summed E-state index contributed by atoms with van der Waals surface area (Å²) in [5.41, 5.74) is 0. The molecular formula is C8H15N. The second kappa shape index (κ2) is 3.67. The molecule has 9 heavy (non-hydrogen) atoms. The van der Waals surface area contributed by atoms with Crippen molar-refractivity contribution in [3.05, 3.63) is 12.2 Å². The van der Waals surface area contributed by atoms with Gasteiger partial charge in [0.2, 0.25) is 0 Å². The predicted octanol–water partition coefficient (Wildman–Crippen LogP) is 1.70. The van der Waals surface area contributed by atoms with Crippen LogP contribution in [0.2, 0.25) is 0 Å². The number of hydrogen-bond acceptors (Lipinski definition) is 1. The van der Waals surface area contributed by atoms with Crippen molar-refractivity contribution in [1.82, 2.24) is 5.32 Å². The van der Waals surface area contributed by atoms with E-state index in [-0.39, 0.29) is 0 Å². The van der Waals surface area contributed by atoms with Gasteiger partial charge in [0.15, 0.2) is 0 Å². The molecule has 1 nitrogen and oxygen atoms in total. The van der Waals surface area contributed by atoms with Gasteiger partial charge in [-0.1, -0.05) is 19.1 Å². The molecule has 0 unspecified atom stereocenters. The lowest BCUT2D eigenvalue weighted by molar-refractivity contribution is 0.725. The van der Waals surface area contributed by atoms with Crippen LogP contribution in [0.4, 0.5) is 0 Å². The third-order valence-electron chi connectivity index (χ3n) is 1.70. The molecule has 0 bridgehead atoms. The first-order valence-corrected chi connectivity index (χ1v) is 3.83. The molecule has 1 fully saturated rings. The first-order valence-electron chi connectivity index (χ1n) is 3.83. The van der Waals surface area contributed by atoms with E-state index >= 15 is 0 Å². The van der Waals surface area contributed by atoms with Crippen LogP contribution in [-0.2, 0) is 0 Å². The van der Waals surface area contributed by atoms with Crippen LogP contribution in [0, 0.1) is 0 Å². The number of hydrogen-bond donors (Lipinski definition) is 1. The highest BCUT2D eigenvalue weighted by molar-refractivity contribution is 4.95. The van der Waals surface area contributed by atoms with E-state index in [9.17, 15) is 0 Å². The van der Waals surface area contributed by atoms with Crippen molar-refractivity contribution < 1.29 is 0 Å². The Morgan fingerprint density at radius 2 is 2.56 bits per heavy atom. The maximum absolute atomic E-state index is 3.40. The van der Waals surface area contributed by atoms with Gasteiger partial charge in [0.25, 0.3) is 0 Å². The largest absolute Gasteiger partial charge is 0.311 e. The molecular weight excluding hydrogens is 110 g/mol. The van der Waals surface area contributed by atoms with Gasteiger partial charge in [-0.25, -0.2) is 0 Å². The van der Waals surface area contributed by atoms with Crippen LogP contribution in [0.1, 0.15) is 26.2 Å². The molecule has 0 amide bonds. The normalized spacial score (nSPS) is 27.9. The Morgan fingerprint density at radius 1 is 1.67 bits per heavy atom. The summed E-state index contributed by atoms with van der Waals surface area (Å²) in [6.07, 6.45) is 8.36. The molecule has 0 spiro atoms. The highest BCUT2D eigenvalue weighted by Gasteiger charge is 2.08. The molecule has 0 saturated carbocycles. The third kappa shape index (κ3) is 2.19. The highest BCUT2D eigenvalue weighted by Crippen LogP contribution is 2.05. The molecule has 1 heteroatoms. The summed E-state index contributed by atoms with van der Waals surface area (Å²) in [6, 6.07) is 0.685. The lowest BCUT2D eigenvalue weighted by Crippen LogP contribution is -2.17. The second-order valence-corrected chi connectivity index (χ2v) is 2.54. The van der Waals surface area contributed by atoms with Crippen molar-refractivity contribution in [2.45, 2.75) is 32.2 Å². The summed E-state index contributed by atoms with van der Waals surface area (Å²) in [7, 11) is 0. The standard InChI is InChI=1S/C8H15N/c1-2-3-5-8-6-4-7-9-8/h3,5,8-9H,2,4,6-7H2,1H3/b5-3+/t8-/m0/s1. The predicted molar refractivity (Wildman–Crippen MR) is 40.5 cm³/mol. The minimum atomic E-state index is 0.685. The van der Waals surface area contributed by atoms with Gasteiger partial charge in [-0.2, -0.15) is 0 Å². The summed E-state index contributed by atoms with van der Waals surface area (Å²) >= 11 is 0. The van der Waals surface area contributed by atoms with Crippen molar-refractivity contribution >= 4 is 0 Å². The summed E-state index contributed by atoms with van der Waals surface area (Å²) in [5.74, 6) is 0. The molecule has 1 rings (SSSR count). The Balaban J connectivity index is 2.18. The fraction of sp³-hybridized carbons (Fsp3) is 0.750. The topological polar surface area (TPSA) is 12.0 Å². The monoisotopic (exact) mass is 125 g/mol. The van der Waals surface area contributed by atoms with E-state index in [1.165, 1.54) is 19.4 Å². The zero-order chi connectivity index (χ0) is 6.53. The first-order chi connectivity index (χ1) is 4.43. The zero-order valence-corrected chi connectivity index (χ0v) is 6.06. The molecule has 0 aromatic heterocycles. The first kappa shape index (κ1) is 6.81.